The summed E-state index contributed by atoms with van der Waals surface area (Å²) in [5.74, 6) is 0.710. The van der Waals surface area contributed by atoms with E-state index in [-0.39, 0.29) is 6.61 Å². The van der Waals surface area contributed by atoms with Crippen LogP contribution in [0.2, 0.25) is 0 Å². The molecule has 1 heterocycles. The maximum atomic E-state index is 12.8. The van der Waals surface area contributed by atoms with Crippen molar-refractivity contribution in [2.75, 3.05) is 6.61 Å². The number of hydrogen-bond acceptors (Lipinski definition) is 5. The molecule has 0 spiro atoms. The molecule has 2 atom stereocenters. The SMILES string of the molecule is CC(C)(C)OC(=O)N1[C@H]([C@H](O)c2ccc(OCc3ccccc3)cc2)COC1(C)C. The van der Waals surface area contributed by atoms with Crippen LogP contribution in [0.1, 0.15) is 51.8 Å². The second kappa shape index (κ2) is 8.66. The summed E-state index contributed by atoms with van der Waals surface area (Å²) in [4.78, 5) is 14.3. The molecule has 30 heavy (non-hydrogen) atoms. The van der Waals surface area contributed by atoms with Gasteiger partial charge >= 0.3 is 6.09 Å². The van der Waals surface area contributed by atoms with E-state index in [9.17, 15) is 9.90 Å². The fourth-order valence-corrected chi connectivity index (χ4v) is 3.46. The number of carbonyl (C=O) groups is 1. The standard InChI is InChI=1S/C24H31NO5/c1-23(2,3)30-22(27)25-20(16-29-24(25,4)5)21(26)18-11-13-19(14-12-18)28-15-17-9-7-6-8-10-17/h6-14,20-21,26H,15-16H2,1-5H3/t20-,21+/m0/s1. The van der Waals surface area contributed by atoms with E-state index in [1.54, 1.807) is 13.8 Å². The summed E-state index contributed by atoms with van der Waals surface area (Å²) in [5, 5.41) is 11.0. The van der Waals surface area contributed by atoms with Gasteiger partial charge in [0.1, 0.15) is 29.8 Å². The van der Waals surface area contributed by atoms with Gasteiger partial charge in [-0.1, -0.05) is 42.5 Å². The molecule has 2 aromatic rings. The zero-order chi connectivity index (χ0) is 21.9. The van der Waals surface area contributed by atoms with Crippen LogP contribution in [0.25, 0.3) is 0 Å². The van der Waals surface area contributed by atoms with Gasteiger partial charge in [-0.15, -0.1) is 0 Å². The monoisotopic (exact) mass is 413 g/mol. The minimum Gasteiger partial charge on any atom is -0.489 e. The molecule has 1 amide bonds. The van der Waals surface area contributed by atoms with Crippen LogP contribution in [0.5, 0.6) is 5.75 Å². The van der Waals surface area contributed by atoms with Crippen molar-refractivity contribution in [2.45, 2.75) is 64.7 Å². The quantitative estimate of drug-likeness (QED) is 0.771. The molecule has 0 unspecified atom stereocenters. The number of ether oxygens (including phenoxy) is 3. The first-order valence-electron chi connectivity index (χ1n) is 10.2. The third-order valence-corrected chi connectivity index (χ3v) is 4.94. The van der Waals surface area contributed by atoms with E-state index >= 15 is 0 Å². The molecule has 0 aliphatic carbocycles. The lowest BCUT2D eigenvalue weighted by molar-refractivity contribution is -0.0679. The van der Waals surface area contributed by atoms with Gasteiger partial charge in [0.15, 0.2) is 0 Å². The number of rotatable bonds is 5. The average Bonchev–Trinajstić information content (AvgIpc) is 3.01. The van der Waals surface area contributed by atoms with Crippen LogP contribution in [-0.2, 0) is 16.1 Å². The Labute approximate surface area is 178 Å². The largest absolute Gasteiger partial charge is 0.489 e. The summed E-state index contributed by atoms with van der Waals surface area (Å²) >= 11 is 0. The van der Waals surface area contributed by atoms with Gasteiger partial charge in [0.05, 0.1) is 12.6 Å². The van der Waals surface area contributed by atoms with Gasteiger partial charge in [-0.3, -0.25) is 4.90 Å². The normalized spacial score (nSPS) is 19.4. The van der Waals surface area contributed by atoms with Crippen molar-refractivity contribution in [3.05, 3.63) is 65.7 Å². The summed E-state index contributed by atoms with van der Waals surface area (Å²) in [6.45, 7) is 9.73. The average molecular weight is 414 g/mol. The number of aliphatic hydroxyl groups excluding tert-OH is 1. The molecule has 0 bridgehead atoms. The van der Waals surface area contributed by atoms with Gasteiger partial charge in [-0.2, -0.15) is 0 Å². The predicted octanol–water partition coefficient (Wildman–Crippen LogP) is 4.67. The summed E-state index contributed by atoms with van der Waals surface area (Å²) in [6, 6.07) is 16.6. The first-order valence-corrected chi connectivity index (χ1v) is 10.2. The van der Waals surface area contributed by atoms with Crippen LogP contribution >= 0.6 is 0 Å². The predicted molar refractivity (Wildman–Crippen MR) is 114 cm³/mol. The van der Waals surface area contributed by atoms with Gasteiger partial charge in [-0.05, 0) is 57.9 Å². The molecule has 1 aliphatic rings. The van der Waals surface area contributed by atoms with Crippen LogP contribution in [0.3, 0.4) is 0 Å². The summed E-state index contributed by atoms with van der Waals surface area (Å²) < 4.78 is 17.1. The molecule has 6 heteroatoms. The maximum absolute atomic E-state index is 12.8. The lowest BCUT2D eigenvalue weighted by Crippen LogP contribution is -2.51. The highest BCUT2D eigenvalue weighted by Crippen LogP contribution is 2.35. The molecule has 1 saturated heterocycles. The minimum atomic E-state index is -0.914. The molecule has 6 nitrogen and oxygen atoms in total. The van der Waals surface area contributed by atoms with Gasteiger partial charge in [-0.25, -0.2) is 4.79 Å². The second-order valence-corrected chi connectivity index (χ2v) is 8.96. The molecule has 1 N–H and O–H groups in total. The highest BCUT2D eigenvalue weighted by Gasteiger charge is 2.48. The van der Waals surface area contributed by atoms with Crippen molar-refractivity contribution < 1.29 is 24.1 Å². The number of nitrogens with zero attached hydrogens (tertiary/aromatic N) is 1. The Kier molecular flexibility index (Phi) is 6.38. The maximum Gasteiger partial charge on any atom is 0.413 e. The van der Waals surface area contributed by atoms with Crippen molar-refractivity contribution in [1.82, 2.24) is 4.90 Å². The molecular weight excluding hydrogens is 382 g/mol. The van der Waals surface area contributed by atoms with Crippen LogP contribution in [-0.4, -0.2) is 40.1 Å². The highest BCUT2D eigenvalue weighted by molar-refractivity contribution is 5.70. The Balaban J connectivity index is 1.69. The Bertz CT molecular complexity index is 842. The first-order chi connectivity index (χ1) is 14.1. The minimum absolute atomic E-state index is 0.222. The fraction of sp³-hybridized carbons (Fsp3) is 0.458. The Morgan fingerprint density at radius 3 is 2.40 bits per heavy atom. The van der Waals surface area contributed by atoms with Crippen molar-refractivity contribution >= 4 is 6.09 Å². The van der Waals surface area contributed by atoms with E-state index in [0.29, 0.717) is 17.9 Å². The summed E-state index contributed by atoms with van der Waals surface area (Å²) in [6.07, 6.45) is -1.42. The number of amides is 1. The Morgan fingerprint density at radius 1 is 1.17 bits per heavy atom. The zero-order valence-corrected chi connectivity index (χ0v) is 18.3. The Hall–Kier alpha value is -2.57. The highest BCUT2D eigenvalue weighted by atomic mass is 16.6. The van der Waals surface area contributed by atoms with Crippen molar-refractivity contribution in [3.8, 4) is 5.75 Å². The van der Waals surface area contributed by atoms with Gasteiger partial charge < -0.3 is 19.3 Å². The summed E-state index contributed by atoms with van der Waals surface area (Å²) in [5.41, 5.74) is 0.261. The van der Waals surface area contributed by atoms with Gasteiger partial charge in [0.2, 0.25) is 0 Å². The molecule has 3 rings (SSSR count). The molecule has 1 fully saturated rings. The molecule has 1 aliphatic heterocycles. The summed E-state index contributed by atoms with van der Waals surface area (Å²) in [7, 11) is 0. The van der Waals surface area contributed by atoms with E-state index < -0.39 is 29.6 Å². The van der Waals surface area contributed by atoms with E-state index in [1.807, 2.05) is 75.4 Å². The third-order valence-electron chi connectivity index (χ3n) is 4.94. The molecule has 162 valence electrons. The smallest absolute Gasteiger partial charge is 0.413 e. The van der Waals surface area contributed by atoms with Crippen LogP contribution < -0.4 is 4.74 Å². The van der Waals surface area contributed by atoms with E-state index in [2.05, 4.69) is 0 Å². The second-order valence-electron chi connectivity index (χ2n) is 8.96. The van der Waals surface area contributed by atoms with Crippen molar-refractivity contribution in [2.24, 2.45) is 0 Å². The van der Waals surface area contributed by atoms with Gasteiger partial charge in [0.25, 0.3) is 0 Å². The fourth-order valence-electron chi connectivity index (χ4n) is 3.46. The van der Waals surface area contributed by atoms with Crippen LogP contribution in [0.4, 0.5) is 4.79 Å². The number of aliphatic hydroxyl groups is 1. The topological polar surface area (TPSA) is 68.2 Å². The van der Waals surface area contributed by atoms with Gasteiger partial charge in [0, 0.05) is 0 Å². The number of benzene rings is 2. The van der Waals surface area contributed by atoms with E-state index in [0.717, 1.165) is 5.56 Å². The van der Waals surface area contributed by atoms with Crippen molar-refractivity contribution in [3.63, 3.8) is 0 Å². The molecule has 0 saturated carbocycles. The number of carbonyl (C=O) groups excluding carboxylic acids is 1. The van der Waals surface area contributed by atoms with Crippen LogP contribution in [0.15, 0.2) is 54.6 Å². The lowest BCUT2D eigenvalue weighted by atomic mass is 10.0. The first kappa shape index (κ1) is 22.1. The number of hydrogen-bond donors (Lipinski definition) is 1. The van der Waals surface area contributed by atoms with E-state index in [1.165, 1.54) is 4.90 Å². The molecule has 0 radical (unpaired) electrons. The molecule has 0 aromatic heterocycles. The van der Waals surface area contributed by atoms with Crippen molar-refractivity contribution in [1.29, 1.82) is 0 Å². The molecule has 2 aromatic carbocycles. The zero-order valence-electron chi connectivity index (χ0n) is 18.3. The van der Waals surface area contributed by atoms with E-state index in [4.69, 9.17) is 14.2 Å². The third kappa shape index (κ3) is 5.32. The lowest BCUT2D eigenvalue weighted by Gasteiger charge is -2.36. The van der Waals surface area contributed by atoms with Crippen LogP contribution in [0, 0.1) is 0 Å². The Morgan fingerprint density at radius 2 is 1.80 bits per heavy atom. The molecular formula is C24H31NO5.